The van der Waals surface area contributed by atoms with Crippen LogP contribution in [0.1, 0.15) is 26.3 Å². The Bertz CT molecular complexity index is 899. The fraction of sp³-hybridized carbons (Fsp3) is 0.368. The van der Waals surface area contributed by atoms with Crippen LogP contribution < -0.4 is 0 Å². The smallest absolute Gasteiger partial charge is 0.192 e. The first-order chi connectivity index (χ1) is 11.7. The monoisotopic (exact) mass is 373 g/mol. The number of nitrogens with zero attached hydrogens (tertiary/aromatic N) is 3. The van der Waals surface area contributed by atoms with Gasteiger partial charge >= 0.3 is 0 Å². The summed E-state index contributed by atoms with van der Waals surface area (Å²) in [5, 5.41) is 0.557. The molecule has 0 aliphatic rings. The third-order valence-corrected chi connectivity index (χ3v) is 9.66. The largest absolute Gasteiger partial charge is 0.412 e. The highest BCUT2D eigenvalue weighted by Gasteiger charge is 2.37. The van der Waals surface area contributed by atoms with Gasteiger partial charge in [-0.1, -0.05) is 38.4 Å². The topological polar surface area (TPSA) is 39.4 Å². The fourth-order valence-corrected chi connectivity index (χ4v) is 3.60. The van der Waals surface area contributed by atoms with Crippen molar-refractivity contribution in [3.05, 3.63) is 53.6 Å². The average Bonchev–Trinajstić information content (AvgIpc) is 2.90. The highest BCUT2D eigenvalue weighted by molar-refractivity contribution is 6.74. The summed E-state index contributed by atoms with van der Waals surface area (Å²) in [4.78, 5) is 8.65. The Morgan fingerprint density at radius 1 is 1.20 bits per heavy atom. The van der Waals surface area contributed by atoms with Crippen molar-refractivity contribution in [1.82, 2.24) is 14.4 Å². The summed E-state index contributed by atoms with van der Waals surface area (Å²) in [5.41, 5.74) is 3.96. The minimum atomic E-state index is -1.84. The number of halogens is 1. The molecule has 0 bridgehead atoms. The summed E-state index contributed by atoms with van der Waals surface area (Å²) in [6, 6.07) is 8.27. The first-order valence-electron chi connectivity index (χ1n) is 8.40. The van der Waals surface area contributed by atoms with Crippen LogP contribution in [-0.4, -0.2) is 22.7 Å². The maximum atomic E-state index is 6.45. The van der Waals surface area contributed by atoms with Crippen molar-refractivity contribution >= 4 is 25.4 Å². The third-order valence-electron chi connectivity index (χ3n) is 5.00. The molecule has 0 radical (unpaired) electrons. The van der Waals surface area contributed by atoms with Crippen LogP contribution in [0.15, 0.2) is 42.9 Å². The summed E-state index contributed by atoms with van der Waals surface area (Å²) in [6.07, 6.45) is 5.33. The van der Waals surface area contributed by atoms with Crippen LogP contribution in [0.5, 0.6) is 0 Å². The van der Waals surface area contributed by atoms with E-state index in [1.54, 1.807) is 12.4 Å². The molecule has 0 N–H and O–H groups in total. The number of hydrogen-bond donors (Lipinski definition) is 0. The molecule has 0 aromatic carbocycles. The minimum absolute atomic E-state index is 0.169. The molecule has 132 valence electrons. The van der Waals surface area contributed by atoms with E-state index in [4.69, 9.17) is 16.0 Å². The van der Waals surface area contributed by atoms with Gasteiger partial charge in [-0.25, -0.2) is 4.98 Å². The molecule has 3 heterocycles. The highest BCUT2D eigenvalue weighted by atomic mass is 35.5. The first-order valence-corrected chi connectivity index (χ1v) is 11.7. The molecule has 0 fully saturated rings. The van der Waals surface area contributed by atoms with Crippen molar-refractivity contribution in [2.75, 3.05) is 0 Å². The van der Waals surface area contributed by atoms with Crippen molar-refractivity contribution in [2.45, 2.75) is 45.5 Å². The van der Waals surface area contributed by atoms with Gasteiger partial charge in [0.2, 0.25) is 0 Å². The number of pyridine rings is 1. The van der Waals surface area contributed by atoms with Crippen LogP contribution in [0, 0.1) is 0 Å². The van der Waals surface area contributed by atoms with Crippen LogP contribution in [0.4, 0.5) is 0 Å². The summed E-state index contributed by atoms with van der Waals surface area (Å²) in [6.45, 7) is 11.8. The van der Waals surface area contributed by atoms with E-state index in [1.165, 1.54) is 0 Å². The SMILES string of the molecule is CC(C)(C)[Si](C)(C)OCc1cc2ccccn2c1-c1cncc(Cl)n1. The van der Waals surface area contributed by atoms with Crippen molar-refractivity contribution in [2.24, 2.45) is 0 Å². The lowest BCUT2D eigenvalue weighted by Crippen LogP contribution is -2.40. The summed E-state index contributed by atoms with van der Waals surface area (Å²) in [7, 11) is -1.84. The molecule has 0 aliphatic heterocycles. The van der Waals surface area contributed by atoms with Gasteiger partial charge in [0.05, 0.1) is 24.7 Å². The van der Waals surface area contributed by atoms with Gasteiger partial charge in [0, 0.05) is 17.3 Å². The Morgan fingerprint density at radius 2 is 1.96 bits per heavy atom. The summed E-state index contributed by atoms with van der Waals surface area (Å²) >= 11 is 6.07. The molecule has 0 saturated carbocycles. The molecule has 0 atom stereocenters. The van der Waals surface area contributed by atoms with E-state index in [2.05, 4.69) is 60.4 Å². The quantitative estimate of drug-likeness (QED) is 0.561. The normalized spacial score (nSPS) is 12.7. The summed E-state index contributed by atoms with van der Waals surface area (Å²) in [5.74, 6) is 0. The van der Waals surface area contributed by atoms with E-state index in [9.17, 15) is 0 Å². The number of fused-ring (bicyclic) bond motifs is 1. The minimum Gasteiger partial charge on any atom is -0.412 e. The lowest BCUT2D eigenvalue weighted by molar-refractivity contribution is 0.277. The Balaban J connectivity index is 2.05. The van der Waals surface area contributed by atoms with Gasteiger partial charge in [-0.2, -0.15) is 0 Å². The van der Waals surface area contributed by atoms with Gasteiger partial charge in [0.1, 0.15) is 10.8 Å². The van der Waals surface area contributed by atoms with Gasteiger partial charge in [-0.15, -0.1) is 0 Å². The zero-order valence-corrected chi connectivity index (χ0v) is 17.1. The van der Waals surface area contributed by atoms with Crippen LogP contribution in [-0.2, 0) is 11.0 Å². The Hall–Kier alpha value is -1.69. The lowest BCUT2D eigenvalue weighted by Gasteiger charge is -2.36. The zero-order valence-electron chi connectivity index (χ0n) is 15.4. The van der Waals surface area contributed by atoms with E-state index in [0.29, 0.717) is 11.8 Å². The number of rotatable bonds is 4. The second-order valence-electron chi connectivity index (χ2n) is 7.79. The van der Waals surface area contributed by atoms with Crippen LogP contribution >= 0.6 is 11.6 Å². The molecule has 6 heteroatoms. The molecule has 3 aromatic heterocycles. The Morgan fingerprint density at radius 3 is 2.64 bits per heavy atom. The van der Waals surface area contributed by atoms with E-state index in [-0.39, 0.29) is 5.04 Å². The standard InChI is InChI=1S/C19H24ClN3OSi/c1-19(2,3)25(4,5)24-13-14-10-15-8-6-7-9-23(15)18(14)16-11-21-12-17(20)22-16/h6-12H,13H2,1-5H3. The second kappa shape index (κ2) is 6.55. The van der Waals surface area contributed by atoms with Crippen LogP contribution in [0.3, 0.4) is 0 Å². The van der Waals surface area contributed by atoms with Crippen molar-refractivity contribution in [3.8, 4) is 11.4 Å². The predicted molar refractivity (Wildman–Crippen MR) is 105 cm³/mol. The van der Waals surface area contributed by atoms with Gasteiger partial charge in [0.15, 0.2) is 8.32 Å². The molecular weight excluding hydrogens is 350 g/mol. The molecule has 0 aliphatic carbocycles. The zero-order chi connectivity index (χ0) is 18.2. The van der Waals surface area contributed by atoms with Gasteiger partial charge < -0.3 is 8.83 Å². The van der Waals surface area contributed by atoms with Gasteiger partial charge in [0.25, 0.3) is 0 Å². The van der Waals surface area contributed by atoms with Crippen molar-refractivity contribution in [1.29, 1.82) is 0 Å². The second-order valence-corrected chi connectivity index (χ2v) is 13.0. The Labute approximate surface area is 155 Å². The Kier molecular flexibility index (Phi) is 4.75. The molecule has 0 saturated heterocycles. The van der Waals surface area contributed by atoms with Crippen LogP contribution in [0.2, 0.25) is 23.3 Å². The number of aromatic nitrogens is 3. The molecule has 25 heavy (non-hydrogen) atoms. The molecule has 0 amide bonds. The highest BCUT2D eigenvalue weighted by Crippen LogP contribution is 2.38. The summed E-state index contributed by atoms with van der Waals surface area (Å²) < 4.78 is 8.56. The van der Waals surface area contributed by atoms with Crippen LogP contribution in [0.25, 0.3) is 16.9 Å². The van der Waals surface area contributed by atoms with E-state index < -0.39 is 8.32 Å². The van der Waals surface area contributed by atoms with E-state index in [0.717, 1.165) is 22.5 Å². The van der Waals surface area contributed by atoms with Crippen molar-refractivity contribution in [3.63, 3.8) is 0 Å². The maximum absolute atomic E-state index is 6.45. The first kappa shape index (κ1) is 18.1. The maximum Gasteiger partial charge on any atom is 0.192 e. The molecule has 3 aromatic rings. The molecule has 3 rings (SSSR count). The molecule has 0 spiro atoms. The molecule has 0 unspecified atom stereocenters. The molecular formula is C19H24ClN3OSi. The number of hydrogen-bond acceptors (Lipinski definition) is 3. The third kappa shape index (κ3) is 3.63. The average molecular weight is 374 g/mol. The lowest BCUT2D eigenvalue weighted by atomic mass is 10.2. The van der Waals surface area contributed by atoms with E-state index >= 15 is 0 Å². The predicted octanol–water partition coefficient (Wildman–Crippen LogP) is 5.57. The van der Waals surface area contributed by atoms with Crippen molar-refractivity contribution < 1.29 is 4.43 Å². The van der Waals surface area contributed by atoms with Gasteiger partial charge in [-0.05, 0) is 36.3 Å². The van der Waals surface area contributed by atoms with Gasteiger partial charge in [-0.3, -0.25) is 4.98 Å². The fourth-order valence-electron chi connectivity index (χ4n) is 2.51. The molecule has 4 nitrogen and oxygen atoms in total. The van der Waals surface area contributed by atoms with E-state index in [1.807, 2.05) is 18.3 Å².